The maximum absolute atomic E-state index is 12.7. The van der Waals surface area contributed by atoms with Crippen LogP contribution in [-0.2, 0) is 16.6 Å². The SMILES string of the molecule is CNCc1cn[nH]c1S(=O)(=O)N(C)c1ccccc1C. The molecule has 0 spiro atoms. The summed E-state index contributed by atoms with van der Waals surface area (Å²) in [5, 5.41) is 9.47. The molecule has 0 radical (unpaired) electrons. The van der Waals surface area contributed by atoms with Crippen LogP contribution in [0.2, 0.25) is 0 Å². The lowest BCUT2D eigenvalue weighted by Crippen LogP contribution is -2.28. The fourth-order valence-electron chi connectivity index (χ4n) is 2.02. The lowest BCUT2D eigenvalue weighted by Gasteiger charge is -2.21. The molecule has 108 valence electrons. The van der Waals surface area contributed by atoms with Crippen LogP contribution in [0.5, 0.6) is 0 Å². The third kappa shape index (κ3) is 2.54. The predicted molar refractivity (Wildman–Crippen MR) is 78.1 cm³/mol. The van der Waals surface area contributed by atoms with E-state index in [-0.39, 0.29) is 5.03 Å². The molecule has 2 N–H and O–H groups in total. The molecule has 0 saturated carbocycles. The maximum atomic E-state index is 12.7. The number of aromatic nitrogens is 2. The number of para-hydroxylation sites is 1. The van der Waals surface area contributed by atoms with Crippen molar-refractivity contribution in [2.24, 2.45) is 0 Å². The summed E-state index contributed by atoms with van der Waals surface area (Å²) in [5.41, 5.74) is 2.17. The molecular weight excluding hydrogens is 276 g/mol. The second kappa shape index (κ2) is 5.64. The Morgan fingerprint density at radius 1 is 1.35 bits per heavy atom. The van der Waals surface area contributed by atoms with E-state index in [2.05, 4.69) is 15.5 Å². The van der Waals surface area contributed by atoms with E-state index in [1.54, 1.807) is 20.2 Å². The summed E-state index contributed by atoms with van der Waals surface area (Å²) in [6.07, 6.45) is 1.52. The van der Waals surface area contributed by atoms with Crippen LogP contribution >= 0.6 is 0 Å². The number of rotatable bonds is 5. The zero-order chi connectivity index (χ0) is 14.8. The fraction of sp³-hybridized carbons (Fsp3) is 0.308. The Morgan fingerprint density at radius 3 is 2.70 bits per heavy atom. The third-order valence-corrected chi connectivity index (χ3v) is 4.91. The summed E-state index contributed by atoms with van der Waals surface area (Å²) in [7, 11) is -0.347. The second-order valence-electron chi connectivity index (χ2n) is 4.51. The van der Waals surface area contributed by atoms with E-state index in [0.29, 0.717) is 17.8 Å². The number of hydrogen-bond acceptors (Lipinski definition) is 4. The molecule has 0 atom stereocenters. The van der Waals surface area contributed by atoms with Gasteiger partial charge in [0.1, 0.15) is 0 Å². The molecule has 0 unspecified atom stereocenters. The number of nitrogens with one attached hydrogen (secondary N) is 2. The Bertz CT molecular complexity index is 694. The minimum absolute atomic E-state index is 0.123. The first kappa shape index (κ1) is 14.5. The molecule has 0 amide bonds. The molecule has 7 heteroatoms. The molecule has 0 aliphatic rings. The van der Waals surface area contributed by atoms with Crippen molar-refractivity contribution in [3.63, 3.8) is 0 Å². The van der Waals surface area contributed by atoms with Crippen LogP contribution in [-0.4, -0.2) is 32.7 Å². The highest BCUT2D eigenvalue weighted by Gasteiger charge is 2.26. The fourth-order valence-corrected chi connectivity index (χ4v) is 3.38. The van der Waals surface area contributed by atoms with Gasteiger partial charge < -0.3 is 5.32 Å². The van der Waals surface area contributed by atoms with Gasteiger partial charge in [0, 0.05) is 19.2 Å². The van der Waals surface area contributed by atoms with E-state index >= 15 is 0 Å². The van der Waals surface area contributed by atoms with Crippen molar-refractivity contribution in [3.05, 3.63) is 41.6 Å². The molecule has 2 aromatic rings. The summed E-state index contributed by atoms with van der Waals surface area (Å²) in [6.45, 7) is 2.31. The average Bonchev–Trinajstić information content (AvgIpc) is 2.88. The average molecular weight is 294 g/mol. The number of sulfonamides is 1. The molecule has 2 rings (SSSR count). The van der Waals surface area contributed by atoms with Crippen LogP contribution in [0.15, 0.2) is 35.5 Å². The van der Waals surface area contributed by atoms with Crippen molar-refractivity contribution in [3.8, 4) is 0 Å². The largest absolute Gasteiger partial charge is 0.316 e. The predicted octanol–water partition coefficient (Wildman–Crippen LogP) is 1.26. The Balaban J connectivity index is 2.45. The molecule has 1 aromatic heterocycles. The van der Waals surface area contributed by atoms with E-state index in [9.17, 15) is 8.42 Å². The van der Waals surface area contributed by atoms with Crippen LogP contribution in [0.4, 0.5) is 5.69 Å². The molecule has 0 fully saturated rings. The lowest BCUT2D eigenvalue weighted by molar-refractivity contribution is 0.588. The van der Waals surface area contributed by atoms with Gasteiger partial charge in [-0.15, -0.1) is 0 Å². The maximum Gasteiger partial charge on any atom is 0.281 e. The van der Waals surface area contributed by atoms with Crippen molar-refractivity contribution < 1.29 is 8.42 Å². The standard InChI is InChI=1S/C13H18N4O2S/c1-10-6-4-5-7-12(10)17(3)20(18,19)13-11(8-14-2)9-15-16-13/h4-7,9,14H,8H2,1-3H3,(H,15,16). The van der Waals surface area contributed by atoms with Crippen molar-refractivity contribution in [2.75, 3.05) is 18.4 Å². The van der Waals surface area contributed by atoms with Crippen LogP contribution in [0, 0.1) is 6.92 Å². The minimum Gasteiger partial charge on any atom is -0.316 e. The zero-order valence-corrected chi connectivity index (χ0v) is 12.5. The summed E-state index contributed by atoms with van der Waals surface area (Å²) in [4.78, 5) is 0. The highest BCUT2D eigenvalue weighted by atomic mass is 32.2. The molecular formula is C13H18N4O2S. The molecule has 0 aliphatic heterocycles. The molecule has 0 bridgehead atoms. The normalized spacial score (nSPS) is 11.6. The number of hydrogen-bond donors (Lipinski definition) is 2. The van der Waals surface area contributed by atoms with Gasteiger partial charge in [0.2, 0.25) is 0 Å². The highest BCUT2D eigenvalue weighted by Crippen LogP contribution is 2.25. The first-order chi connectivity index (χ1) is 9.48. The highest BCUT2D eigenvalue weighted by molar-refractivity contribution is 7.92. The molecule has 0 saturated heterocycles. The Kier molecular flexibility index (Phi) is 4.10. The Hall–Kier alpha value is -1.86. The Labute approximate surface area is 118 Å². The third-order valence-electron chi connectivity index (χ3n) is 3.12. The molecule has 0 aliphatic carbocycles. The monoisotopic (exact) mass is 294 g/mol. The van der Waals surface area contributed by atoms with Crippen LogP contribution in [0.3, 0.4) is 0 Å². The van der Waals surface area contributed by atoms with E-state index in [4.69, 9.17) is 0 Å². The number of aryl methyl sites for hydroxylation is 1. The molecule has 1 heterocycles. The number of nitrogens with zero attached hydrogens (tertiary/aromatic N) is 2. The van der Waals surface area contributed by atoms with Crippen molar-refractivity contribution in [1.29, 1.82) is 0 Å². The van der Waals surface area contributed by atoms with E-state index in [0.717, 1.165) is 5.56 Å². The molecule has 1 aromatic carbocycles. The van der Waals surface area contributed by atoms with Gasteiger partial charge in [-0.1, -0.05) is 18.2 Å². The topological polar surface area (TPSA) is 78.1 Å². The number of anilines is 1. The van der Waals surface area contributed by atoms with Gasteiger partial charge in [0.15, 0.2) is 5.03 Å². The summed E-state index contributed by atoms with van der Waals surface area (Å²) in [5.74, 6) is 0. The van der Waals surface area contributed by atoms with E-state index in [1.165, 1.54) is 10.5 Å². The molecule has 20 heavy (non-hydrogen) atoms. The van der Waals surface area contributed by atoms with Crippen LogP contribution in [0.1, 0.15) is 11.1 Å². The quantitative estimate of drug-likeness (QED) is 0.870. The van der Waals surface area contributed by atoms with E-state index in [1.807, 2.05) is 25.1 Å². The van der Waals surface area contributed by atoms with Gasteiger partial charge in [-0.05, 0) is 25.6 Å². The Morgan fingerprint density at radius 2 is 2.05 bits per heavy atom. The first-order valence-corrected chi connectivity index (χ1v) is 7.64. The van der Waals surface area contributed by atoms with Crippen LogP contribution < -0.4 is 9.62 Å². The first-order valence-electron chi connectivity index (χ1n) is 6.20. The molecule has 6 nitrogen and oxygen atoms in total. The van der Waals surface area contributed by atoms with Gasteiger partial charge >= 0.3 is 0 Å². The summed E-state index contributed by atoms with van der Waals surface area (Å²) >= 11 is 0. The van der Waals surface area contributed by atoms with Crippen molar-refractivity contribution >= 4 is 15.7 Å². The number of H-pyrrole nitrogens is 1. The van der Waals surface area contributed by atoms with Gasteiger partial charge in [0.05, 0.1) is 11.9 Å². The zero-order valence-electron chi connectivity index (χ0n) is 11.7. The summed E-state index contributed by atoms with van der Waals surface area (Å²) in [6, 6.07) is 7.35. The van der Waals surface area contributed by atoms with Gasteiger partial charge in [-0.2, -0.15) is 13.5 Å². The number of aromatic amines is 1. The second-order valence-corrected chi connectivity index (χ2v) is 6.42. The van der Waals surface area contributed by atoms with Gasteiger partial charge in [-0.3, -0.25) is 9.40 Å². The van der Waals surface area contributed by atoms with Crippen molar-refractivity contribution in [2.45, 2.75) is 18.5 Å². The van der Waals surface area contributed by atoms with Crippen molar-refractivity contribution in [1.82, 2.24) is 15.5 Å². The van der Waals surface area contributed by atoms with Gasteiger partial charge in [-0.25, -0.2) is 0 Å². The van der Waals surface area contributed by atoms with E-state index < -0.39 is 10.0 Å². The minimum atomic E-state index is -3.65. The summed E-state index contributed by atoms with van der Waals surface area (Å²) < 4.78 is 26.6. The number of benzene rings is 1. The lowest BCUT2D eigenvalue weighted by atomic mass is 10.2. The van der Waals surface area contributed by atoms with Crippen LogP contribution in [0.25, 0.3) is 0 Å². The smallest absolute Gasteiger partial charge is 0.281 e. The van der Waals surface area contributed by atoms with Gasteiger partial charge in [0.25, 0.3) is 10.0 Å².